The predicted molar refractivity (Wildman–Crippen MR) is 180 cm³/mol. The van der Waals surface area contributed by atoms with E-state index in [-0.39, 0.29) is 22.7 Å². The number of hydrogen-bond donors (Lipinski definition) is 0. The fraction of sp³-hybridized carbons (Fsp3) is 0.526. The fourth-order valence-electron chi connectivity index (χ4n) is 10.7. The van der Waals surface area contributed by atoms with E-state index in [1.165, 1.54) is 0 Å². The van der Waals surface area contributed by atoms with Crippen LogP contribution in [0.3, 0.4) is 0 Å². The molecule has 0 amide bonds. The maximum absolute atomic E-state index is 15.4. The summed E-state index contributed by atoms with van der Waals surface area (Å²) in [7, 11) is 0. The van der Waals surface area contributed by atoms with Crippen LogP contribution in [-0.4, -0.2) is 11.6 Å². The third-order valence-corrected chi connectivity index (χ3v) is 14.4. The maximum atomic E-state index is 15.4. The number of carbonyl (C=O) groups excluding carboxylic acids is 2. The summed E-state index contributed by atoms with van der Waals surface area (Å²) < 4.78 is 2.02. The van der Waals surface area contributed by atoms with Crippen LogP contribution in [0.2, 0.25) is 0 Å². The number of Topliss-reactive ketones (excluding diaryl/α,β-unsaturated/α-hetero) is 2. The third kappa shape index (κ3) is 3.73. The van der Waals surface area contributed by atoms with Crippen molar-refractivity contribution in [1.82, 2.24) is 0 Å². The minimum absolute atomic E-state index is 0.124. The first-order chi connectivity index (χ1) is 19.7. The zero-order valence-electron chi connectivity index (χ0n) is 25.9. The van der Waals surface area contributed by atoms with Gasteiger partial charge >= 0.3 is 0 Å². The summed E-state index contributed by atoms with van der Waals surface area (Å²) in [6.07, 6.45) is 9.24. The molecule has 4 aliphatic rings. The smallest absolute Gasteiger partial charge is 0.147 e. The Morgan fingerprint density at radius 2 is 0.976 bits per heavy atom. The Kier molecular flexibility index (Phi) is 7.10. The molecule has 2 nitrogen and oxygen atoms in total. The quantitative estimate of drug-likeness (QED) is 0.290. The molecular formula is C38H44Br2O2. The molecule has 222 valence electrons. The number of allylic oxidation sites excluding steroid dienone is 2. The molecule has 4 heteroatoms. The van der Waals surface area contributed by atoms with Gasteiger partial charge in [-0.15, -0.1) is 0 Å². The molecule has 0 aromatic heterocycles. The van der Waals surface area contributed by atoms with E-state index in [2.05, 4.69) is 110 Å². The number of carbonyl (C=O) groups is 2. The van der Waals surface area contributed by atoms with Crippen LogP contribution < -0.4 is 0 Å². The molecule has 4 fully saturated rings. The number of ketones is 2. The van der Waals surface area contributed by atoms with E-state index in [9.17, 15) is 0 Å². The molecule has 6 rings (SSSR count). The SMILES string of the molecule is CC12CCC(C1(C)C)C(C/C(Br)=C/c1ccccc1)(C1(C/C(Br)=C\c3ccccc3)C(=O)C3(C)CCC1C3(C)C)C2=O. The van der Waals surface area contributed by atoms with Gasteiger partial charge in [0.05, 0.1) is 10.8 Å². The van der Waals surface area contributed by atoms with Gasteiger partial charge in [-0.3, -0.25) is 9.59 Å². The molecule has 6 atom stereocenters. The van der Waals surface area contributed by atoms with Crippen LogP contribution in [0.15, 0.2) is 69.6 Å². The Bertz CT molecular complexity index is 1370. The van der Waals surface area contributed by atoms with Crippen LogP contribution in [0.4, 0.5) is 0 Å². The van der Waals surface area contributed by atoms with Crippen molar-refractivity contribution in [2.24, 2.45) is 44.3 Å². The second kappa shape index (κ2) is 9.86. The fourth-order valence-corrected chi connectivity index (χ4v) is 12.1. The van der Waals surface area contributed by atoms with Gasteiger partial charge in [0.1, 0.15) is 11.6 Å². The maximum Gasteiger partial charge on any atom is 0.147 e. The van der Waals surface area contributed by atoms with E-state index < -0.39 is 21.7 Å². The summed E-state index contributed by atoms with van der Waals surface area (Å²) in [6.45, 7) is 13.7. The zero-order chi connectivity index (χ0) is 30.3. The van der Waals surface area contributed by atoms with Crippen molar-refractivity contribution in [1.29, 1.82) is 0 Å². The summed E-state index contributed by atoms with van der Waals surface area (Å²) in [6, 6.07) is 20.6. The molecule has 4 bridgehead atoms. The number of halogens is 2. The number of hydrogen-bond acceptors (Lipinski definition) is 2. The first kappa shape index (κ1) is 30.3. The molecule has 0 N–H and O–H groups in total. The van der Waals surface area contributed by atoms with Crippen LogP contribution in [-0.2, 0) is 9.59 Å². The first-order valence-corrected chi connectivity index (χ1v) is 17.2. The molecule has 0 saturated heterocycles. The molecule has 4 aliphatic carbocycles. The van der Waals surface area contributed by atoms with Crippen molar-refractivity contribution in [3.05, 3.63) is 80.8 Å². The van der Waals surface area contributed by atoms with E-state index in [0.717, 1.165) is 45.8 Å². The van der Waals surface area contributed by atoms with Crippen LogP contribution in [0.5, 0.6) is 0 Å². The minimum Gasteiger partial charge on any atom is -0.298 e. The lowest BCUT2D eigenvalue weighted by atomic mass is 9.45. The van der Waals surface area contributed by atoms with Gasteiger partial charge in [0.15, 0.2) is 0 Å². The Labute approximate surface area is 269 Å². The summed E-state index contributed by atoms with van der Waals surface area (Å²) >= 11 is 7.98. The normalized spacial score (nSPS) is 38.5. The monoisotopic (exact) mass is 690 g/mol. The molecule has 6 unspecified atom stereocenters. The highest BCUT2D eigenvalue weighted by molar-refractivity contribution is 9.12. The Morgan fingerprint density at radius 3 is 1.26 bits per heavy atom. The van der Waals surface area contributed by atoms with Crippen molar-refractivity contribution in [3.63, 3.8) is 0 Å². The van der Waals surface area contributed by atoms with E-state index in [0.29, 0.717) is 24.4 Å². The van der Waals surface area contributed by atoms with E-state index >= 15 is 9.59 Å². The highest BCUT2D eigenvalue weighted by Gasteiger charge is 2.85. The third-order valence-electron chi connectivity index (χ3n) is 13.4. The second-order valence-electron chi connectivity index (χ2n) is 15.2. The average Bonchev–Trinajstić information content (AvgIpc) is 3.42. The molecule has 0 radical (unpaired) electrons. The number of benzene rings is 2. The lowest BCUT2D eigenvalue weighted by Crippen LogP contribution is -2.60. The average molecular weight is 693 g/mol. The van der Waals surface area contributed by atoms with Crippen LogP contribution >= 0.6 is 31.9 Å². The van der Waals surface area contributed by atoms with E-state index in [1.54, 1.807) is 0 Å². The highest BCUT2D eigenvalue weighted by atomic mass is 79.9. The Balaban J connectivity index is 1.61. The molecular weight excluding hydrogens is 648 g/mol. The Morgan fingerprint density at radius 1 is 0.643 bits per heavy atom. The molecule has 0 heterocycles. The first-order valence-electron chi connectivity index (χ1n) is 15.6. The predicted octanol–water partition coefficient (Wildman–Crippen LogP) is 10.7. The van der Waals surface area contributed by atoms with Gasteiger partial charge in [0, 0.05) is 10.8 Å². The van der Waals surface area contributed by atoms with E-state index in [4.69, 9.17) is 0 Å². The molecule has 2 aromatic carbocycles. The summed E-state index contributed by atoms with van der Waals surface area (Å²) in [5.74, 6) is 0.905. The van der Waals surface area contributed by atoms with Gasteiger partial charge < -0.3 is 0 Å². The number of fused-ring (bicyclic) bond motifs is 4. The molecule has 42 heavy (non-hydrogen) atoms. The van der Waals surface area contributed by atoms with Gasteiger partial charge in [0.2, 0.25) is 0 Å². The largest absolute Gasteiger partial charge is 0.298 e. The topological polar surface area (TPSA) is 34.1 Å². The molecule has 0 spiro atoms. The highest BCUT2D eigenvalue weighted by Crippen LogP contribution is 2.84. The zero-order valence-corrected chi connectivity index (χ0v) is 29.1. The lowest BCUT2D eigenvalue weighted by molar-refractivity contribution is -0.164. The van der Waals surface area contributed by atoms with Gasteiger partial charge in [-0.05, 0) is 93.4 Å². The second-order valence-corrected chi connectivity index (χ2v) is 17.3. The Hall–Kier alpha value is -1.78. The molecule has 0 aliphatic heterocycles. The van der Waals surface area contributed by atoms with Gasteiger partial charge in [-0.1, -0.05) is 134 Å². The summed E-state index contributed by atoms with van der Waals surface area (Å²) in [5, 5.41) is 0. The van der Waals surface area contributed by atoms with Gasteiger partial charge in [0.25, 0.3) is 0 Å². The minimum atomic E-state index is -0.797. The lowest BCUT2D eigenvalue weighted by Gasteiger charge is -2.55. The summed E-state index contributed by atoms with van der Waals surface area (Å²) in [5.41, 5.74) is -0.679. The summed E-state index contributed by atoms with van der Waals surface area (Å²) in [4.78, 5) is 30.9. The van der Waals surface area contributed by atoms with Crippen LogP contribution in [0.1, 0.15) is 91.2 Å². The van der Waals surface area contributed by atoms with Crippen molar-refractivity contribution in [3.8, 4) is 0 Å². The number of rotatable bonds is 7. The van der Waals surface area contributed by atoms with Crippen molar-refractivity contribution in [2.45, 2.75) is 80.1 Å². The van der Waals surface area contributed by atoms with Crippen molar-refractivity contribution in [2.75, 3.05) is 0 Å². The van der Waals surface area contributed by atoms with Gasteiger partial charge in [-0.2, -0.15) is 0 Å². The standard InChI is InChI=1S/C38H44Br2O2/c1-33(2)29-17-19-35(33,5)31(41)37(29,23-27(39)21-25-13-9-7-10-14-25)38(24-28(40)22-26-15-11-8-12-16-26)30-18-20-36(6,32(38)42)34(30,3)4/h7-16,21-22,29-30H,17-20,23-24H2,1-6H3/b27-21-,28-22+. The molecule has 2 aromatic rings. The van der Waals surface area contributed by atoms with E-state index in [1.807, 2.05) is 36.4 Å². The van der Waals surface area contributed by atoms with Crippen LogP contribution in [0.25, 0.3) is 12.2 Å². The van der Waals surface area contributed by atoms with Gasteiger partial charge in [-0.25, -0.2) is 0 Å². The molecule has 4 saturated carbocycles. The van der Waals surface area contributed by atoms with Crippen molar-refractivity contribution >= 4 is 55.6 Å². The van der Waals surface area contributed by atoms with Crippen molar-refractivity contribution < 1.29 is 9.59 Å². The van der Waals surface area contributed by atoms with Crippen LogP contribution in [0, 0.1) is 44.3 Å².